The van der Waals surface area contributed by atoms with E-state index >= 15 is 0 Å². The fraction of sp³-hybridized carbons (Fsp3) is 0.455. The second-order valence-corrected chi connectivity index (χ2v) is 4.22. The third kappa shape index (κ3) is 3.65. The van der Waals surface area contributed by atoms with Gasteiger partial charge in [0.2, 0.25) is 0 Å². The Hall–Kier alpha value is -1.96. The van der Waals surface area contributed by atoms with Crippen molar-refractivity contribution in [2.45, 2.75) is 32.9 Å². The maximum atomic E-state index is 11.3. The van der Waals surface area contributed by atoms with Gasteiger partial charge in [-0.15, -0.1) is 0 Å². The molecular weight excluding hydrogens is 208 g/mol. The van der Waals surface area contributed by atoms with Crippen LogP contribution < -0.4 is 5.32 Å². The van der Waals surface area contributed by atoms with E-state index in [0.29, 0.717) is 11.3 Å². The summed E-state index contributed by atoms with van der Waals surface area (Å²) < 4.78 is 10.1. The number of furan rings is 1. The molecule has 86 valence electrons. The van der Waals surface area contributed by atoms with Crippen LogP contribution in [0.1, 0.15) is 32.1 Å². The molecule has 5 nitrogen and oxygen atoms in total. The summed E-state index contributed by atoms with van der Waals surface area (Å²) in [7, 11) is 0. The van der Waals surface area contributed by atoms with E-state index in [1.54, 1.807) is 26.8 Å². The van der Waals surface area contributed by atoms with Gasteiger partial charge in [0, 0.05) is 0 Å². The third-order valence-corrected chi connectivity index (χ3v) is 1.66. The molecule has 0 atom stereocenters. The van der Waals surface area contributed by atoms with Gasteiger partial charge in [0.05, 0.1) is 18.4 Å². The number of amides is 1. The molecule has 0 radical (unpaired) electrons. The molecule has 1 rings (SSSR count). The highest BCUT2D eigenvalue weighted by Crippen LogP contribution is 2.10. The summed E-state index contributed by atoms with van der Waals surface area (Å²) in [5.74, 6) is 0.424. The predicted octanol–water partition coefficient (Wildman–Crippen LogP) is 2.18. The van der Waals surface area contributed by atoms with Gasteiger partial charge in [0.1, 0.15) is 17.4 Å². The van der Waals surface area contributed by atoms with Gasteiger partial charge in [-0.2, -0.15) is 5.26 Å². The molecule has 0 aliphatic heterocycles. The molecule has 0 saturated carbocycles. The van der Waals surface area contributed by atoms with Crippen molar-refractivity contribution in [3.8, 4) is 6.07 Å². The van der Waals surface area contributed by atoms with Crippen molar-refractivity contribution in [2.24, 2.45) is 0 Å². The molecule has 16 heavy (non-hydrogen) atoms. The van der Waals surface area contributed by atoms with Crippen LogP contribution in [0.5, 0.6) is 0 Å². The van der Waals surface area contributed by atoms with Crippen LogP contribution >= 0.6 is 0 Å². The Labute approximate surface area is 94.0 Å². The van der Waals surface area contributed by atoms with Crippen LogP contribution in [0, 0.1) is 11.3 Å². The summed E-state index contributed by atoms with van der Waals surface area (Å²) in [5.41, 5.74) is -0.123. The highest BCUT2D eigenvalue weighted by molar-refractivity contribution is 5.67. The normalized spacial score (nSPS) is 10.6. The zero-order chi connectivity index (χ0) is 12.2. The molecule has 1 aromatic rings. The molecule has 0 aliphatic carbocycles. The van der Waals surface area contributed by atoms with Crippen LogP contribution in [0.15, 0.2) is 16.7 Å². The quantitative estimate of drug-likeness (QED) is 0.832. The monoisotopic (exact) mass is 222 g/mol. The number of carbonyl (C=O) groups is 1. The van der Waals surface area contributed by atoms with E-state index in [9.17, 15) is 4.79 Å². The first-order valence-electron chi connectivity index (χ1n) is 4.85. The molecule has 0 bridgehead atoms. The third-order valence-electron chi connectivity index (χ3n) is 1.66. The Morgan fingerprint density at radius 3 is 2.88 bits per heavy atom. The first-order valence-corrected chi connectivity index (χ1v) is 4.85. The minimum Gasteiger partial charge on any atom is -0.466 e. The number of hydrogen-bond donors (Lipinski definition) is 1. The van der Waals surface area contributed by atoms with Gasteiger partial charge in [-0.05, 0) is 26.8 Å². The molecule has 0 aliphatic rings. The average molecular weight is 222 g/mol. The molecule has 0 unspecified atom stereocenters. The molecule has 5 heteroatoms. The van der Waals surface area contributed by atoms with E-state index in [4.69, 9.17) is 14.4 Å². The lowest BCUT2D eigenvalue weighted by Gasteiger charge is -2.19. The van der Waals surface area contributed by atoms with E-state index in [2.05, 4.69) is 5.32 Å². The molecule has 0 saturated heterocycles. The van der Waals surface area contributed by atoms with Gasteiger partial charge in [-0.1, -0.05) is 0 Å². The van der Waals surface area contributed by atoms with E-state index in [1.165, 1.54) is 6.26 Å². The van der Waals surface area contributed by atoms with Crippen molar-refractivity contribution in [2.75, 3.05) is 0 Å². The van der Waals surface area contributed by atoms with Crippen LogP contribution in [0.2, 0.25) is 0 Å². The zero-order valence-electron chi connectivity index (χ0n) is 9.53. The van der Waals surface area contributed by atoms with E-state index in [-0.39, 0.29) is 6.54 Å². The highest BCUT2D eigenvalue weighted by atomic mass is 16.6. The molecule has 0 fully saturated rings. The summed E-state index contributed by atoms with van der Waals surface area (Å²) >= 11 is 0. The number of rotatable bonds is 2. The lowest BCUT2D eigenvalue weighted by Crippen LogP contribution is -2.32. The number of nitriles is 1. The molecule has 1 amide bonds. The highest BCUT2D eigenvalue weighted by Gasteiger charge is 2.16. The smallest absolute Gasteiger partial charge is 0.408 e. The molecule has 0 spiro atoms. The fourth-order valence-corrected chi connectivity index (χ4v) is 1.04. The zero-order valence-corrected chi connectivity index (χ0v) is 9.53. The number of hydrogen-bond acceptors (Lipinski definition) is 4. The summed E-state index contributed by atoms with van der Waals surface area (Å²) in [6.07, 6.45) is 0.873. The van der Waals surface area contributed by atoms with E-state index in [1.807, 2.05) is 6.07 Å². The van der Waals surface area contributed by atoms with E-state index in [0.717, 1.165) is 0 Å². The summed E-state index contributed by atoms with van der Waals surface area (Å²) in [6, 6.07) is 3.51. The van der Waals surface area contributed by atoms with Crippen LogP contribution in [-0.2, 0) is 11.3 Å². The van der Waals surface area contributed by atoms with Gasteiger partial charge in [-0.3, -0.25) is 0 Å². The van der Waals surface area contributed by atoms with Crippen molar-refractivity contribution in [1.82, 2.24) is 5.32 Å². The Morgan fingerprint density at radius 1 is 1.62 bits per heavy atom. The summed E-state index contributed by atoms with van der Waals surface area (Å²) in [4.78, 5) is 11.3. The Bertz CT molecular complexity index is 410. The van der Waals surface area contributed by atoms with Crippen molar-refractivity contribution in [3.63, 3.8) is 0 Å². The largest absolute Gasteiger partial charge is 0.466 e. The van der Waals surface area contributed by atoms with Gasteiger partial charge >= 0.3 is 6.09 Å². The SMILES string of the molecule is CC(C)(C)OC(=O)NCc1occc1C#N. The molecule has 1 aromatic heterocycles. The van der Waals surface area contributed by atoms with Crippen molar-refractivity contribution in [3.05, 3.63) is 23.7 Å². The Kier molecular flexibility index (Phi) is 3.56. The summed E-state index contributed by atoms with van der Waals surface area (Å²) in [5, 5.41) is 11.2. The second kappa shape index (κ2) is 4.71. The van der Waals surface area contributed by atoms with E-state index < -0.39 is 11.7 Å². The number of nitrogens with zero attached hydrogens (tertiary/aromatic N) is 1. The molecule has 1 N–H and O–H groups in total. The van der Waals surface area contributed by atoms with Crippen molar-refractivity contribution in [1.29, 1.82) is 5.26 Å². The van der Waals surface area contributed by atoms with Gasteiger partial charge in [-0.25, -0.2) is 4.79 Å². The van der Waals surface area contributed by atoms with Crippen molar-refractivity contribution >= 4 is 6.09 Å². The first-order chi connectivity index (χ1) is 7.42. The Balaban J connectivity index is 2.47. The maximum absolute atomic E-state index is 11.3. The van der Waals surface area contributed by atoms with Crippen LogP contribution in [0.3, 0.4) is 0 Å². The number of nitrogens with one attached hydrogen (secondary N) is 1. The summed E-state index contributed by atoms with van der Waals surface area (Å²) in [6.45, 7) is 5.48. The minimum atomic E-state index is -0.536. The second-order valence-electron chi connectivity index (χ2n) is 4.22. The van der Waals surface area contributed by atoms with Crippen LogP contribution in [0.4, 0.5) is 4.79 Å². The molecular formula is C11H14N2O3. The fourth-order valence-electron chi connectivity index (χ4n) is 1.04. The maximum Gasteiger partial charge on any atom is 0.408 e. The van der Waals surface area contributed by atoms with Gasteiger partial charge in [0.15, 0.2) is 0 Å². The van der Waals surface area contributed by atoms with Crippen LogP contribution in [-0.4, -0.2) is 11.7 Å². The average Bonchev–Trinajstić information content (AvgIpc) is 2.59. The lowest BCUT2D eigenvalue weighted by molar-refractivity contribution is 0.0520. The lowest BCUT2D eigenvalue weighted by atomic mass is 10.2. The van der Waals surface area contributed by atoms with Crippen LogP contribution in [0.25, 0.3) is 0 Å². The number of carbonyl (C=O) groups excluding carboxylic acids is 1. The first kappa shape index (κ1) is 12.1. The molecule has 1 heterocycles. The predicted molar refractivity (Wildman–Crippen MR) is 56.5 cm³/mol. The Morgan fingerprint density at radius 2 is 2.31 bits per heavy atom. The number of alkyl carbamates (subject to hydrolysis) is 1. The minimum absolute atomic E-state index is 0.144. The van der Waals surface area contributed by atoms with Crippen molar-refractivity contribution < 1.29 is 13.9 Å². The topological polar surface area (TPSA) is 75.3 Å². The standard InChI is InChI=1S/C11H14N2O3/c1-11(2,3)16-10(14)13-7-9-8(6-12)4-5-15-9/h4-5H,7H2,1-3H3,(H,13,14). The molecule has 0 aromatic carbocycles. The number of ether oxygens (including phenoxy) is 1. The van der Waals surface area contributed by atoms with Gasteiger partial charge in [0.25, 0.3) is 0 Å². The van der Waals surface area contributed by atoms with Gasteiger partial charge < -0.3 is 14.5 Å².